The van der Waals surface area contributed by atoms with Gasteiger partial charge in [-0.1, -0.05) is 0 Å². The Balaban J connectivity index is 1.44. The maximum absolute atomic E-state index is 14.3. The monoisotopic (exact) mass is 786 g/mol. The molecule has 0 radical (unpaired) electrons. The molecule has 55 heavy (non-hydrogen) atoms. The summed E-state index contributed by atoms with van der Waals surface area (Å²) in [5, 5.41) is 124. The standard InChI is InChI=1S/C34H42O21/c1-10-20(39)24(43)27(46)32(49-10)50-12-6-14(38)19-16(7-12)51-29(11-3-4-13(37)15(5-11)48-2)30(23(19)42)54-34-31(26(45)22(41)18(9-36)53-34)55-33-28(47)25(44)21(40)17(8-35)52-33/h3-7,10,17-18,20-22,24-28,31-41,43-47H,8-9H2,1-2H3/t10-,17+,18+,20-,21-,22-,24-,25+,26+,27+,28+,31-,32-,33-,34-/m0/s1. The quantitative estimate of drug-likeness (QED) is 0.0934. The van der Waals surface area contributed by atoms with Crippen molar-refractivity contribution >= 4 is 11.0 Å². The summed E-state index contributed by atoms with van der Waals surface area (Å²) in [4.78, 5) is 14.3. The second kappa shape index (κ2) is 16.3. The van der Waals surface area contributed by atoms with Crippen molar-refractivity contribution in [2.24, 2.45) is 0 Å². The molecular formula is C34H42O21. The average Bonchev–Trinajstić information content (AvgIpc) is 3.16. The fraction of sp³-hybridized carbons (Fsp3) is 0.559. The second-order valence-corrected chi connectivity index (χ2v) is 13.2. The predicted octanol–water partition coefficient (Wildman–Crippen LogP) is -3.91. The molecule has 1 aromatic heterocycles. The first-order valence-electron chi connectivity index (χ1n) is 16.9. The lowest BCUT2D eigenvalue weighted by Crippen LogP contribution is -2.65. The van der Waals surface area contributed by atoms with Crippen molar-refractivity contribution < 1.29 is 98.9 Å². The van der Waals surface area contributed by atoms with Crippen LogP contribution >= 0.6 is 0 Å². The van der Waals surface area contributed by atoms with Crippen molar-refractivity contribution in [3.63, 3.8) is 0 Å². The van der Waals surface area contributed by atoms with Crippen LogP contribution in [0.5, 0.6) is 28.7 Å². The highest BCUT2D eigenvalue weighted by atomic mass is 16.8. The number of hydrogen-bond acceptors (Lipinski definition) is 21. The molecule has 15 atom stereocenters. The molecule has 4 heterocycles. The molecule has 3 aliphatic heterocycles. The Morgan fingerprint density at radius 1 is 0.673 bits per heavy atom. The van der Waals surface area contributed by atoms with Gasteiger partial charge in [0.2, 0.25) is 23.8 Å². The molecule has 3 fully saturated rings. The van der Waals surface area contributed by atoms with Gasteiger partial charge in [-0.05, 0) is 25.1 Å². The molecule has 3 aromatic rings. The number of aliphatic hydroxyl groups is 10. The van der Waals surface area contributed by atoms with Crippen LogP contribution in [0.1, 0.15) is 6.92 Å². The zero-order chi connectivity index (χ0) is 40.0. The number of phenolic OH excluding ortho intramolecular Hbond substituents is 2. The topological polar surface area (TPSA) is 338 Å². The number of aliphatic hydroxyl groups excluding tert-OH is 10. The van der Waals surface area contributed by atoms with E-state index in [1.54, 1.807) is 0 Å². The molecule has 2 aromatic carbocycles. The number of ether oxygens (including phenoxy) is 7. The molecule has 0 aliphatic carbocycles. The summed E-state index contributed by atoms with van der Waals surface area (Å²) in [6, 6.07) is 5.80. The predicted molar refractivity (Wildman–Crippen MR) is 178 cm³/mol. The molecule has 304 valence electrons. The van der Waals surface area contributed by atoms with Gasteiger partial charge in [0, 0.05) is 17.7 Å². The van der Waals surface area contributed by atoms with E-state index >= 15 is 0 Å². The normalized spacial score (nSPS) is 36.8. The van der Waals surface area contributed by atoms with Crippen LogP contribution in [0.4, 0.5) is 0 Å². The third-order valence-electron chi connectivity index (χ3n) is 9.61. The zero-order valence-corrected chi connectivity index (χ0v) is 29.0. The Kier molecular flexibility index (Phi) is 12.1. The summed E-state index contributed by atoms with van der Waals surface area (Å²) in [7, 11) is 1.24. The Morgan fingerprint density at radius 3 is 1.95 bits per heavy atom. The van der Waals surface area contributed by atoms with Crippen molar-refractivity contribution in [1.82, 2.24) is 0 Å². The van der Waals surface area contributed by atoms with Crippen molar-refractivity contribution in [3.05, 3.63) is 40.6 Å². The van der Waals surface area contributed by atoms with Gasteiger partial charge in [-0.3, -0.25) is 4.79 Å². The maximum Gasteiger partial charge on any atom is 0.239 e. The molecule has 0 amide bonds. The van der Waals surface area contributed by atoms with E-state index in [2.05, 4.69) is 0 Å². The lowest BCUT2D eigenvalue weighted by molar-refractivity contribution is -0.358. The first kappa shape index (κ1) is 40.7. The molecule has 21 heteroatoms. The number of benzene rings is 2. The number of methoxy groups -OCH3 is 1. The number of phenols is 2. The Labute approximate surface area is 309 Å². The summed E-state index contributed by atoms with van der Waals surface area (Å²) in [6.45, 7) is -0.308. The molecule has 0 spiro atoms. The molecule has 3 saturated heterocycles. The second-order valence-electron chi connectivity index (χ2n) is 13.2. The van der Waals surface area contributed by atoms with Gasteiger partial charge in [0.05, 0.1) is 26.4 Å². The fourth-order valence-electron chi connectivity index (χ4n) is 6.43. The van der Waals surface area contributed by atoms with Crippen LogP contribution in [0.15, 0.2) is 39.5 Å². The first-order chi connectivity index (χ1) is 26.1. The Bertz CT molecular complexity index is 1870. The molecule has 0 bridgehead atoms. The smallest absolute Gasteiger partial charge is 0.239 e. The summed E-state index contributed by atoms with van der Waals surface area (Å²) in [5.41, 5.74) is -1.44. The van der Waals surface area contributed by atoms with Crippen molar-refractivity contribution in [2.75, 3.05) is 20.3 Å². The summed E-state index contributed by atoms with van der Waals surface area (Å²) in [6.07, 6.45) is -25.7. The van der Waals surface area contributed by atoms with E-state index in [0.29, 0.717) is 0 Å². The molecule has 12 N–H and O–H groups in total. The van der Waals surface area contributed by atoms with E-state index in [9.17, 15) is 66.1 Å². The van der Waals surface area contributed by atoms with E-state index < -0.39 is 133 Å². The molecular weight excluding hydrogens is 744 g/mol. The van der Waals surface area contributed by atoms with Gasteiger partial charge >= 0.3 is 0 Å². The van der Waals surface area contributed by atoms with Gasteiger partial charge in [-0.25, -0.2) is 0 Å². The third kappa shape index (κ3) is 7.65. The van der Waals surface area contributed by atoms with E-state index in [-0.39, 0.29) is 28.4 Å². The molecule has 3 aliphatic rings. The van der Waals surface area contributed by atoms with Crippen LogP contribution in [-0.4, -0.2) is 174 Å². The first-order valence-corrected chi connectivity index (χ1v) is 16.9. The third-order valence-corrected chi connectivity index (χ3v) is 9.61. The van der Waals surface area contributed by atoms with Gasteiger partial charge in [-0.2, -0.15) is 0 Å². The summed E-state index contributed by atoms with van der Waals surface area (Å²) < 4.78 is 45.2. The number of fused-ring (bicyclic) bond motifs is 1. The zero-order valence-electron chi connectivity index (χ0n) is 29.0. The maximum atomic E-state index is 14.3. The van der Waals surface area contributed by atoms with E-state index in [1.165, 1.54) is 32.2 Å². The highest BCUT2D eigenvalue weighted by molar-refractivity contribution is 5.88. The number of aromatic hydroxyl groups is 2. The van der Waals surface area contributed by atoms with Crippen molar-refractivity contribution in [1.29, 1.82) is 0 Å². The van der Waals surface area contributed by atoms with E-state index in [1.807, 2.05) is 0 Å². The van der Waals surface area contributed by atoms with Crippen molar-refractivity contribution in [2.45, 2.75) is 99.0 Å². The van der Waals surface area contributed by atoms with Crippen LogP contribution < -0.4 is 19.6 Å². The van der Waals surface area contributed by atoms with Crippen LogP contribution in [0.25, 0.3) is 22.3 Å². The largest absolute Gasteiger partial charge is 0.507 e. The van der Waals surface area contributed by atoms with Crippen LogP contribution in [0.2, 0.25) is 0 Å². The number of hydrogen-bond donors (Lipinski definition) is 12. The highest BCUT2D eigenvalue weighted by Gasteiger charge is 2.52. The average molecular weight is 787 g/mol. The van der Waals surface area contributed by atoms with Crippen LogP contribution in [0, 0.1) is 0 Å². The fourth-order valence-corrected chi connectivity index (χ4v) is 6.43. The minimum absolute atomic E-state index is 0.00735. The molecule has 0 unspecified atom stereocenters. The Hall–Kier alpha value is -3.91. The number of rotatable bonds is 10. The van der Waals surface area contributed by atoms with Crippen LogP contribution in [0.3, 0.4) is 0 Å². The lowest BCUT2D eigenvalue weighted by Gasteiger charge is -2.45. The lowest BCUT2D eigenvalue weighted by atomic mass is 9.97. The molecule has 0 saturated carbocycles. The minimum Gasteiger partial charge on any atom is -0.507 e. The highest BCUT2D eigenvalue weighted by Crippen LogP contribution is 2.41. The van der Waals surface area contributed by atoms with Gasteiger partial charge in [0.15, 0.2) is 29.7 Å². The molecule has 21 nitrogen and oxygen atoms in total. The SMILES string of the molecule is COc1cc(-c2oc3cc(O[C@@H]4O[C@@H](C)[C@H](O)[C@H](O)[C@H]4O)cc(O)c3c(=O)c2O[C@@H]2O[C@H](CO)[C@H](O)[C@@H](O)[C@@H]2O[C@@H]2O[C@H](CO)[C@H](O)[C@@H](O)[C@H]2O)ccc1O. The Morgan fingerprint density at radius 2 is 1.29 bits per heavy atom. The van der Waals surface area contributed by atoms with E-state index in [0.717, 1.165) is 12.1 Å². The van der Waals surface area contributed by atoms with Crippen molar-refractivity contribution in [3.8, 4) is 40.1 Å². The van der Waals surface area contributed by atoms with Gasteiger partial charge in [-0.15, -0.1) is 0 Å². The van der Waals surface area contributed by atoms with Gasteiger partial charge in [0.25, 0.3) is 0 Å². The van der Waals surface area contributed by atoms with Gasteiger partial charge < -0.3 is 98.9 Å². The molecule has 6 rings (SSSR count). The van der Waals surface area contributed by atoms with Gasteiger partial charge in [0.1, 0.15) is 83.5 Å². The summed E-state index contributed by atoms with van der Waals surface area (Å²) in [5.74, 6) is -2.58. The minimum atomic E-state index is -2.01. The van der Waals surface area contributed by atoms with Crippen LogP contribution in [-0.2, 0) is 18.9 Å². The van der Waals surface area contributed by atoms with E-state index in [4.69, 9.17) is 37.6 Å². The summed E-state index contributed by atoms with van der Waals surface area (Å²) >= 11 is 0.